The van der Waals surface area contributed by atoms with Crippen LogP contribution in [0.1, 0.15) is 17.5 Å². The van der Waals surface area contributed by atoms with Gasteiger partial charge in [0, 0.05) is 32.6 Å². The highest BCUT2D eigenvalue weighted by molar-refractivity contribution is 14.0. The number of guanidine groups is 1. The van der Waals surface area contributed by atoms with Crippen molar-refractivity contribution in [2.45, 2.75) is 26.2 Å². The van der Waals surface area contributed by atoms with Gasteiger partial charge in [-0.1, -0.05) is 36.4 Å². The molecule has 1 unspecified atom stereocenters. The standard InChI is InChI=1S/C23H29F2N3O3.HI/c1-26-23(27-13-18-8-9-20(29-2)21(12-18)31-22(24)25)28-11-10-19(14-28)16-30-15-17-6-4-3-5-7-17;/h3-9,12,19,22H,10-11,13-16H2,1-2H3,(H,26,27);1H. The zero-order chi connectivity index (χ0) is 22.1. The van der Waals surface area contributed by atoms with Crippen LogP contribution in [0, 0.1) is 5.92 Å². The molecule has 0 saturated carbocycles. The normalized spacial score (nSPS) is 16.1. The summed E-state index contributed by atoms with van der Waals surface area (Å²) in [5.74, 6) is 1.50. The van der Waals surface area contributed by atoms with Crippen LogP contribution in [0.15, 0.2) is 53.5 Å². The van der Waals surface area contributed by atoms with Gasteiger partial charge in [0.2, 0.25) is 0 Å². The van der Waals surface area contributed by atoms with Crippen molar-refractivity contribution in [3.05, 3.63) is 59.7 Å². The van der Waals surface area contributed by atoms with Gasteiger partial charge in [-0.2, -0.15) is 8.78 Å². The molecule has 1 aliphatic rings. The molecule has 1 fully saturated rings. The second-order valence-corrected chi connectivity index (χ2v) is 7.37. The molecule has 9 heteroatoms. The third-order valence-corrected chi connectivity index (χ3v) is 5.16. The van der Waals surface area contributed by atoms with Crippen molar-refractivity contribution < 1.29 is 23.0 Å². The number of hydrogen-bond donors (Lipinski definition) is 1. The molecule has 3 rings (SSSR count). The van der Waals surface area contributed by atoms with Gasteiger partial charge < -0.3 is 24.4 Å². The maximum absolute atomic E-state index is 12.6. The zero-order valence-electron chi connectivity index (χ0n) is 18.3. The maximum atomic E-state index is 12.6. The summed E-state index contributed by atoms with van der Waals surface area (Å²) < 4.78 is 40.8. The lowest BCUT2D eigenvalue weighted by atomic mass is 10.1. The van der Waals surface area contributed by atoms with Crippen molar-refractivity contribution in [1.82, 2.24) is 10.2 Å². The van der Waals surface area contributed by atoms with Crippen LogP contribution >= 0.6 is 24.0 Å². The average molecular weight is 561 g/mol. The molecule has 0 aromatic heterocycles. The van der Waals surface area contributed by atoms with Crippen molar-refractivity contribution >= 4 is 29.9 Å². The first-order chi connectivity index (χ1) is 15.1. The molecule has 0 spiro atoms. The number of hydrogen-bond acceptors (Lipinski definition) is 4. The van der Waals surface area contributed by atoms with E-state index in [1.165, 1.54) is 12.7 Å². The Hall–Kier alpha value is -2.14. The molecule has 2 aromatic rings. The fourth-order valence-corrected chi connectivity index (χ4v) is 3.61. The molecule has 1 heterocycles. The van der Waals surface area contributed by atoms with Crippen LogP contribution in [0.25, 0.3) is 0 Å². The number of methoxy groups -OCH3 is 1. The summed E-state index contributed by atoms with van der Waals surface area (Å²) in [6.07, 6.45) is 1.03. The van der Waals surface area contributed by atoms with Gasteiger partial charge in [0.05, 0.1) is 20.3 Å². The Labute approximate surface area is 205 Å². The highest BCUT2D eigenvalue weighted by Gasteiger charge is 2.25. The maximum Gasteiger partial charge on any atom is 0.387 e. The van der Waals surface area contributed by atoms with Gasteiger partial charge in [-0.3, -0.25) is 4.99 Å². The predicted molar refractivity (Wildman–Crippen MR) is 131 cm³/mol. The van der Waals surface area contributed by atoms with E-state index >= 15 is 0 Å². The number of aliphatic imine (C=N–C) groups is 1. The molecule has 1 atom stereocenters. The SMILES string of the molecule is CN=C(NCc1ccc(OC)c(OC(F)F)c1)N1CCC(COCc2ccccc2)C1.I. The molecule has 176 valence electrons. The molecule has 0 bridgehead atoms. The van der Waals surface area contributed by atoms with Gasteiger partial charge in [-0.15, -0.1) is 24.0 Å². The minimum absolute atomic E-state index is 0. The van der Waals surface area contributed by atoms with Crippen LogP contribution in [0.5, 0.6) is 11.5 Å². The zero-order valence-corrected chi connectivity index (χ0v) is 20.6. The molecular weight excluding hydrogens is 531 g/mol. The van der Waals surface area contributed by atoms with Gasteiger partial charge in [-0.25, -0.2) is 0 Å². The molecular formula is C23H30F2IN3O3. The number of benzene rings is 2. The summed E-state index contributed by atoms with van der Waals surface area (Å²) in [7, 11) is 3.15. The van der Waals surface area contributed by atoms with Crippen molar-refractivity contribution in [2.75, 3.05) is 33.9 Å². The van der Waals surface area contributed by atoms with E-state index in [0.717, 1.165) is 31.0 Å². The van der Waals surface area contributed by atoms with E-state index in [9.17, 15) is 8.78 Å². The minimum Gasteiger partial charge on any atom is -0.493 e. The summed E-state index contributed by atoms with van der Waals surface area (Å²) in [6, 6.07) is 15.1. The van der Waals surface area contributed by atoms with E-state index in [-0.39, 0.29) is 35.5 Å². The quantitative estimate of drug-likeness (QED) is 0.277. The first-order valence-corrected chi connectivity index (χ1v) is 10.3. The lowest BCUT2D eigenvalue weighted by Gasteiger charge is -2.22. The number of alkyl halides is 2. The Bertz CT molecular complexity index is 856. The second kappa shape index (κ2) is 13.4. The molecule has 6 nitrogen and oxygen atoms in total. The van der Waals surface area contributed by atoms with Crippen LogP contribution in [0.2, 0.25) is 0 Å². The summed E-state index contributed by atoms with van der Waals surface area (Å²) in [6.45, 7) is 0.593. The molecule has 1 aliphatic heterocycles. The average Bonchev–Trinajstić information content (AvgIpc) is 3.23. The van der Waals surface area contributed by atoms with Crippen LogP contribution in [-0.4, -0.2) is 51.3 Å². The highest BCUT2D eigenvalue weighted by Crippen LogP contribution is 2.29. The molecule has 32 heavy (non-hydrogen) atoms. The Morgan fingerprint density at radius 3 is 2.62 bits per heavy atom. The van der Waals surface area contributed by atoms with Crippen LogP contribution in [0.4, 0.5) is 8.78 Å². The van der Waals surface area contributed by atoms with Gasteiger partial charge in [0.25, 0.3) is 0 Å². The van der Waals surface area contributed by atoms with Crippen LogP contribution < -0.4 is 14.8 Å². The van der Waals surface area contributed by atoms with Gasteiger partial charge in [-0.05, 0) is 29.7 Å². The Kier molecular flexibility index (Phi) is 10.9. The van der Waals surface area contributed by atoms with Gasteiger partial charge in [0.15, 0.2) is 17.5 Å². The molecule has 0 radical (unpaired) electrons. The second-order valence-electron chi connectivity index (χ2n) is 7.37. The van der Waals surface area contributed by atoms with Crippen molar-refractivity contribution in [1.29, 1.82) is 0 Å². The molecule has 2 aromatic carbocycles. The van der Waals surface area contributed by atoms with Crippen LogP contribution in [-0.2, 0) is 17.9 Å². The molecule has 0 amide bonds. The van der Waals surface area contributed by atoms with E-state index < -0.39 is 6.61 Å². The number of halogens is 3. The topological polar surface area (TPSA) is 55.3 Å². The highest BCUT2D eigenvalue weighted by atomic mass is 127. The van der Waals surface area contributed by atoms with E-state index in [0.29, 0.717) is 25.7 Å². The molecule has 0 aliphatic carbocycles. The van der Waals surface area contributed by atoms with E-state index in [2.05, 4.69) is 32.1 Å². The van der Waals surface area contributed by atoms with E-state index in [1.807, 2.05) is 24.3 Å². The fourth-order valence-electron chi connectivity index (χ4n) is 3.61. The number of likely N-dealkylation sites (tertiary alicyclic amines) is 1. The lowest BCUT2D eigenvalue weighted by molar-refractivity contribution is -0.0512. The van der Waals surface area contributed by atoms with E-state index in [1.54, 1.807) is 19.2 Å². The smallest absolute Gasteiger partial charge is 0.387 e. The van der Waals surface area contributed by atoms with Crippen molar-refractivity contribution in [2.24, 2.45) is 10.9 Å². The third-order valence-electron chi connectivity index (χ3n) is 5.16. The van der Waals surface area contributed by atoms with Crippen molar-refractivity contribution in [3.63, 3.8) is 0 Å². The van der Waals surface area contributed by atoms with Gasteiger partial charge >= 0.3 is 6.61 Å². The Balaban J connectivity index is 0.00000363. The summed E-state index contributed by atoms with van der Waals surface area (Å²) >= 11 is 0. The fraction of sp³-hybridized carbons (Fsp3) is 0.435. The molecule has 1 saturated heterocycles. The first kappa shape index (κ1) is 26.1. The van der Waals surface area contributed by atoms with Crippen LogP contribution in [0.3, 0.4) is 0 Å². The third kappa shape index (κ3) is 7.77. The Morgan fingerprint density at radius 2 is 1.94 bits per heavy atom. The summed E-state index contributed by atoms with van der Waals surface area (Å²) in [5, 5.41) is 3.30. The monoisotopic (exact) mass is 561 g/mol. The minimum atomic E-state index is -2.91. The Morgan fingerprint density at radius 1 is 1.16 bits per heavy atom. The summed E-state index contributed by atoms with van der Waals surface area (Å²) in [4.78, 5) is 6.56. The number of rotatable bonds is 9. The van der Waals surface area contributed by atoms with Crippen molar-refractivity contribution in [3.8, 4) is 11.5 Å². The number of nitrogens with zero attached hydrogens (tertiary/aromatic N) is 2. The predicted octanol–water partition coefficient (Wildman–Crippen LogP) is 4.53. The number of nitrogens with one attached hydrogen (secondary N) is 1. The molecule has 1 N–H and O–H groups in total. The number of ether oxygens (including phenoxy) is 3. The van der Waals surface area contributed by atoms with E-state index in [4.69, 9.17) is 9.47 Å². The largest absolute Gasteiger partial charge is 0.493 e. The van der Waals surface area contributed by atoms with Gasteiger partial charge in [0.1, 0.15) is 0 Å². The first-order valence-electron chi connectivity index (χ1n) is 10.3. The lowest BCUT2D eigenvalue weighted by Crippen LogP contribution is -2.39. The summed E-state index contributed by atoms with van der Waals surface area (Å²) in [5.41, 5.74) is 1.96.